The second kappa shape index (κ2) is 4.05. The van der Waals surface area contributed by atoms with Gasteiger partial charge in [0.2, 0.25) is 0 Å². The molecule has 0 spiro atoms. The molecule has 15 heavy (non-hydrogen) atoms. The van der Waals surface area contributed by atoms with Crippen LogP contribution in [-0.4, -0.2) is 10.3 Å². The van der Waals surface area contributed by atoms with Gasteiger partial charge in [0.1, 0.15) is 0 Å². The van der Waals surface area contributed by atoms with Gasteiger partial charge in [-0.15, -0.1) is 0 Å². The Balaban J connectivity index is 2.20. The molecule has 1 fully saturated rings. The number of hydrogen-bond donors (Lipinski definition) is 1. The van der Waals surface area contributed by atoms with Gasteiger partial charge < -0.3 is 4.57 Å². The van der Waals surface area contributed by atoms with Crippen molar-refractivity contribution in [3.63, 3.8) is 0 Å². The van der Waals surface area contributed by atoms with Gasteiger partial charge in [0.05, 0.1) is 0 Å². The Bertz CT molecular complexity index is 401. The maximum absolute atomic E-state index is 11.7. The van der Waals surface area contributed by atoms with Gasteiger partial charge in [-0.2, -0.15) is 12.6 Å². The molecule has 0 bridgehead atoms. The molecule has 0 radical (unpaired) electrons. The van der Waals surface area contributed by atoms with Gasteiger partial charge in [0.25, 0.3) is 5.56 Å². The largest absolute Gasteiger partial charge is 0.315 e. The van der Waals surface area contributed by atoms with E-state index in [9.17, 15) is 4.79 Å². The number of rotatable bonds is 3. The molecule has 0 unspecified atom stereocenters. The predicted molar refractivity (Wildman–Crippen MR) is 65.6 cm³/mol. The Kier molecular flexibility index (Phi) is 2.91. The molecular weight excluding hydrogens is 206 g/mol. The van der Waals surface area contributed by atoms with Crippen LogP contribution in [0.2, 0.25) is 0 Å². The van der Waals surface area contributed by atoms with Crippen LogP contribution in [0.5, 0.6) is 0 Å². The molecular formula is C12H17NOS. The first-order chi connectivity index (χ1) is 7.15. The molecule has 0 saturated heterocycles. The topological polar surface area (TPSA) is 22.0 Å². The van der Waals surface area contributed by atoms with Crippen LogP contribution in [0, 0.1) is 12.3 Å². The summed E-state index contributed by atoms with van der Waals surface area (Å²) in [6, 6.07) is 3.69. The first kappa shape index (κ1) is 10.8. The van der Waals surface area contributed by atoms with Crippen LogP contribution < -0.4 is 5.56 Å². The Labute approximate surface area is 95.7 Å². The molecule has 2 nitrogen and oxygen atoms in total. The summed E-state index contributed by atoms with van der Waals surface area (Å²) in [6.45, 7) is 2.78. The van der Waals surface area contributed by atoms with E-state index in [0.29, 0.717) is 0 Å². The molecule has 82 valence electrons. The van der Waals surface area contributed by atoms with Crippen molar-refractivity contribution in [1.82, 2.24) is 4.57 Å². The highest BCUT2D eigenvalue weighted by Crippen LogP contribution is 2.42. The molecule has 0 N–H and O–H groups in total. The van der Waals surface area contributed by atoms with Gasteiger partial charge in [0.15, 0.2) is 0 Å². The molecule has 0 atom stereocenters. The zero-order valence-electron chi connectivity index (χ0n) is 9.07. The predicted octanol–water partition coefficient (Wildman–Crippen LogP) is 2.26. The van der Waals surface area contributed by atoms with E-state index < -0.39 is 0 Å². The second-order valence-electron chi connectivity index (χ2n) is 4.68. The minimum atomic E-state index is 0.114. The summed E-state index contributed by atoms with van der Waals surface area (Å²) in [5.74, 6) is 0.882. The van der Waals surface area contributed by atoms with Crippen molar-refractivity contribution in [2.24, 2.45) is 5.41 Å². The molecule has 1 aliphatic rings. The maximum atomic E-state index is 11.7. The molecule has 1 saturated carbocycles. The van der Waals surface area contributed by atoms with E-state index in [0.717, 1.165) is 17.9 Å². The molecule has 0 aliphatic heterocycles. The molecule has 1 aliphatic carbocycles. The van der Waals surface area contributed by atoms with E-state index in [4.69, 9.17) is 0 Å². The number of nitrogens with zero attached hydrogens (tertiary/aromatic N) is 1. The third kappa shape index (κ3) is 2.12. The molecule has 3 heteroatoms. The van der Waals surface area contributed by atoms with Crippen molar-refractivity contribution >= 4 is 12.6 Å². The molecule has 0 amide bonds. The summed E-state index contributed by atoms with van der Waals surface area (Å²) in [6.07, 6.45) is 5.59. The Morgan fingerprint density at radius 1 is 1.53 bits per heavy atom. The SMILES string of the molecule is Cc1ccn(CC2(CS)CCC2)c(=O)c1. The minimum absolute atomic E-state index is 0.114. The number of thiol groups is 1. The average Bonchev–Trinajstić information content (AvgIpc) is 2.14. The molecule has 0 aromatic carbocycles. The van der Waals surface area contributed by atoms with E-state index in [1.807, 2.05) is 23.8 Å². The number of aryl methyl sites for hydroxylation is 1. The number of aromatic nitrogens is 1. The highest BCUT2D eigenvalue weighted by atomic mass is 32.1. The van der Waals surface area contributed by atoms with E-state index in [1.54, 1.807) is 6.07 Å². The van der Waals surface area contributed by atoms with Gasteiger partial charge in [-0.05, 0) is 42.6 Å². The van der Waals surface area contributed by atoms with Gasteiger partial charge >= 0.3 is 0 Å². The minimum Gasteiger partial charge on any atom is -0.315 e. The summed E-state index contributed by atoms with van der Waals surface area (Å²) < 4.78 is 1.82. The molecule has 1 aromatic heterocycles. The summed E-state index contributed by atoms with van der Waals surface area (Å²) >= 11 is 4.40. The smallest absolute Gasteiger partial charge is 0.250 e. The van der Waals surface area contributed by atoms with E-state index in [2.05, 4.69) is 12.6 Å². The maximum Gasteiger partial charge on any atom is 0.250 e. The van der Waals surface area contributed by atoms with Crippen LogP contribution in [0.25, 0.3) is 0 Å². The summed E-state index contributed by atoms with van der Waals surface area (Å²) in [4.78, 5) is 11.7. The summed E-state index contributed by atoms with van der Waals surface area (Å²) in [7, 11) is 0. The van der Waals surface area contributed by atoms with E-state index in [-0.39, 0.29) is 11.0 Å². The van der Waals surface area contributed by atoms with E-state index in [1.165, 1.54) is 19.3 Å². The Morgan fingerprint density at radius 2 is 2.27 bits per heavy atom. The van der Waals surface area contributed by atoms with Crippen molar-refractivity contribution in [2.75, 3.05) is 5.75 Å². The Morgan fingerprint density at radius 3 is 2.73 bits per heavy atom. The number of hydrogen-bond acceptors (Lipinski definition) is 2. The van der Waals surface area contributed by atoms with Crippen molar-refractivity contribution < 1.29 is 0 Å². The van der Waals surface area contributed by atoms with Crippen molar-refractivity contribution in [3.8, 4) is 0 Å². The van der Waals surface area contributed by atoms with Crippen LogP contribution in [0.3, 0.4) is 0 Å². The monoisotopic (exact) mass is 223 g/mol. The van der Waals surface area contributed by atoms with Gasteiger partial charge in [-0.1, -0.05) is 6.42 Å². The van der Waals surface area contributed by atoms with Gasteiger partial charge in [-0.3, -0.25) is 4.79 Å². The van der Waals surface area contributed by atoms with Crippen molar-refractivity contribution in [2.45, 2.75) is 32.7 Å². The van der Waals surface area contributed by atoms with Crippen molar-refractivity contribution in [3.05, 3.63) is 34.2 Å². The standard InChI is InChI=1S/C12H17NOS/c1-10-3-6-13(11(14)7-10)8-12(9-15)4-2-5-12/h3,6-7,15H,2,4-5,8-9H2,1H3. The zero-order valence-corrected chi connectivity index (χ0v) is 9.96. The molecule has 2 rings (SSSR count). The molecule has 1 aromatic rings. The van der Waals surface area contributed by atoms with Crippen molar-refractivity contribution in [1.29, 1.82) is 0 Å². The highest BCUT2D eigenvalue weighted by molar-refractivity contribution is 7.80. The Hall–Kier alpha value is -0.700. The fourth-order valence-electron chi connectivity index (χ4n) is 2.14. The third-order valence-corrected chi connectivity index (χ3v) is 4.08. The van der Waals surface area contributed by atoms with Gasteiger partial charge in [-0.25, -0.2) is 0 Å². The number of pyridine rings is 1. The average molecular weight is 223 g/mol. The lowest BCUT2D eigenvalue weighted by Crippen LogP contribution is -2.38. The second-order valence-corrected chi connectivity index (χ2v) is 5.00. The van der Waals surface area contributed by atoms with Gasteiger partial charge in [0, 0.05) is 18.8 Å². The van der Waals surface area contributed by atoms with E-state index >= 15 is 0 Å². The quantitative estimate of drug-likeness (QED) is 0.780. The fraction of sp³-hybridized carbons (Fsp3) is 0.583. The zero-order chi connectivity index (χ0) is 10.9. The molecule has 1 heterocycles. The normalized spacial score (nSPS) is 18.5. The summed E-state index contributed by atoms with van der Waals surface area (Å²) in [5, 5.41) is 0. The van der Waals surface area contributed by atoms with Crippen LogP contribution in [0.1, 0.15) is 24.8 Å². The van der Waals surface area contributed by atoms with Crippen LogP contribution in [0.15, 0.2) is 23.1 Å². The van der Waals surface area contributed by atoms with Crippen LogP contribution in [0.4, 0.5) is 0 Å². The lowest BCUT2D eigenvalue weighted by Gasteiger charge is -2.41. The lowest BCUT2D eigenvalue weighted by atomic mass is 9.70. The van der Waals surface area contributed by atoms with Crippen LogP contribution >= 0.6 is 12.6 Å². The fourth-order valence-corrected chi connectivity index (χ4v) is 2.56. The van der Waals surface area contributed by atoms with Crippen LogP contribution in [-0.2, 0) is 6.54 Å². The first-order valence-electron chi connectivity index (χ1n) is 5.43. The first-order valence-corrected chi connectivity index (χ1v) is 6.06. The third-order valence-electron chi connectivity index (χ3n) is 3.41. The summed E-state index contributed by atoms with van der Waals surface area (Å²) in [5.41, 5.74) is 1.43. The lowest BCUT2D eigenvalue weighted by molar-refractivity contribution is 0.137. The highest BCUT2D eigenvalue weighted by Gasteiger charge is 2.35.